The Labute approximate surface area is 144 Å². The average Bonchev–Trinajstić information content (AvgIpc) is 2.73. The van der Waals surface area contributed by atoms with Crippen LogP contribution in [0.1, 0.15) is 16.1 Å². The quantitative estimate of drug-likeness (QED) is 0.590. The first-order valence-corrected chi connectivity index (χ1v) is 8.28. The first kappa shape index (κ1) is 15.9. The normalized spacial score (nSPS) is 16.8. The maximum absolute atomic E-state index is 12.4. The van der Waals surface area contributed by atoms with E-state index in [1.807, 2.05) is 42.5 Å². The second kappa shape index (κ2) is 7.05. The monoisotopic (exact) mass is 338 g/mol. The number of hydrogen-bond donors (Lipinski definition) is 0. The van der Waals surface area contributed by atoms with Crippen molar-refractivity contribution in [3.63, 3.8) is 0 Å². The summed E-state index contributed by atoms with van der Waals surface area (Å²) in [6.07, 6.45) is 9.87. The zero-order chi connectivity index (χ0) is 16.2. The number of benzene rings is 1. The molecule has 1 heterocycles. The van der Waals surface area contributed by atoms with Gasteiger partial charge in [-0.1, -0.05) is 12.1 Å². The van der Waals surface area contributed by atoms with Crippen LogP contribution in [0.5, 0.6) is 0 Å². The van der Waals surface area contributed by atoms with Gasteiger partial charge in [0, 0.05) is 0 Å². The summed E-state index contributed by atoms with van der Waals surface area (Å²) in [5.41, 5.74) is 0. The Morgan fingerprint density at radius 3 is 2.96 bits per heavy atom. The summed E-state index contributed by atoms with van der Waals surface area (Å²) in [7, 11) is 5.32. The summed E-state index contributed by atoms with van der Waals surface area (Å²) in [6, 6.07) is 7.63. The average molecular weight is 339 g/mol. The number of rotatable bonds is 3. The molecule has 0 spiro atoms. The molecule has 23 heavy (non-hydrogen) atoms. The van der Waals surface area contributed by atoms with E-state index in [1.165, 1.54) is 11.3 Å². The maximum atomic E-state index is 12.4. The zero-order valence-electron chi connectivity index (χ0n) is 12.2. The molecule has 0 saturated heterocycles. The topological polar surface area (TPSA) is 26.3 Å². The number of hydrogen-bond acceptors (Lipinski definition) is 3. The standard InChI is InChI=1S/C18H12BClO2S/c19-11-10-12-4-3-5-13(9-8-12)22-18(21)17-16(20)14-6-1-2-7-15(14)23-17/h1-9,12H,10H2. The van der Waals surface area contributed by atoms with E-state index in [4.69, 9.17) is 23.7 Å². The molecule has 0 amide bonds. The van der Waals surface area contributed by atoms with Crippen LogP contribution in [0.3, 0.4) is 0 Å². The molecule has 1 aliphatic rings. The molecule has 1 aliphatic carbocycles. The van der Waals surface area contributed by atoms with Gasteiger partial charge in [0.05, 0.1) is 0 Å². The number of halogens is 1. The van der Waals surface area contributed by atoms with Crippen molar-refractivity contribution in [1.82, 2.24) is 0 Å². The summed E-state index contributed by atoms with van der Waals surface area (Å²) in [4.78, 5) is 12.8. The summed E-state index contributed by atoms with van der Waals surface area (Å²) in [6.45, 7) is 0. The number of carbonyl (C=O) groups excluding carboxylic acids is 1. The minimum absolute atomic E-state index is 0.153. The van der Waals surface area contributed by atoms with Crippen LogP contribution in [0.4, 0.5) is 0 Å². The molecule has 5 heteroatoms. The van der Waals surface area contributed by atoms with Gasteiger partial charge in [0.2, 0.25) is 0 Å². The second-order valence-electron chi connectivity index (χ2n) is 5.02. The van der Waals surface area contributed by atoms with Gasteiger partial charge in [0.1, 0.15) is 0 Å². The van der Waals surface area contributed by atoms with Crippen molar-refractivity contribution in [1.29, 1.82) is 0 Å². The van der Waals surface area contributed by atoms with Crippen molar-refractivity contribution >= 4 is 46.3 Å². The number of carbonyl (C=O) groups is 1. The molecular formula is C18H12BClO2S. The molecule has 1 unspecified atom stereocenters. The van der Waals surface area contributed by atoms with Gasteiger partial charge < -0.3 is 0 Å². The molecule has 1 atom stereocenters. The molecule has 0 bridgehead atoms. The number of allylic oxidation sites excluding steroid dienone is 5. The molecular weight excluding hydrogens is 327 g/mol. The SMILES string of the molecule is B#CCC1C=CC=C(OC(=O)c2sc3ccccc3c2Cl)C=C1. The van der Waals surface area contributed by atoms with E-state index in [1.54, 1.807) is 12.2 Å². The van der Waals surface area contributed by atoms with Crippen LogP contribution in [0.15, 0.2) is 60.4 Å². The van der Waals surface area contributed by atoms with Gasteiger partial charge in [-0.3, -0.25) is 0 Å². The van der Waals surface area contributed by atoms with Crippen LogP contribution in [0.25, 0.3) is 10.1 Å². The van der Waals surface area contributed by atoms with Crippen LogP contribution < -0.4 is 0 Å². The van der Waals surface area contributed by atoms with E-state index in [2.05, 4.69) is 5.80 Å². The minimum atomic E-state index is -0.448. The molecule has 0 radical (unpaired) electrons. The van der Waals surface area contributed by atoms with Gasteiger partial charge in [-0.15, -0.1) is 0 Å². The first-order chi connectivity index (χ1) is 11.2. The van der Waals surface area contributed by atoms with Crippen molar-refractivity contribution in [2.45, 2.75) is 6.42 Å². The first-order valence-electron chi connectivity index (χ1n) is 7.08. The summed E-state index contributed by atoms with van der Waals surface area (Å²) in [5, 5.41) is 1.31. The van der Waals surface area contributed by atoms with Gasteiger partial charge in [-0.25, -0.2) is 0 Å². The number of esters is 1. The van der Waals surface area contributed by atoms with E-state index in [9.17, 15) is 4.79 Å². The predicted molar refractivity (Wildman–Crippen MR) is 96.4 cm³/mol. The molecule has 112 valence electrons. The van der Waals surface area contributed by atoms with Crippen LogP contribution in [-0.4, -0.2) is 13.3 Å². The third-order valence-electron chi connectivity index (χ3n) is 3.41. The molecule has 0 saturated carbocycles. The number of thiophene rings is 1. The van der Waals surface area contributed by atoms with Gasteiger partial charge in [-0.2, -0.15) is 0 Å². The van der Waals surface area contributed by atoms with Crippen molar-refractivity contribution in [2.24, 2.45) is 5.92 Å². The molecule has 1 aromatic carbocycles. The van der Waals surface area contributed by atoms with Crippen molar-refractivity contribution in [3.8, 4) is 5.80 Å². The van der Waals surface area contributed by atoms with E-state index >= 15 is 0 Å². The third-order valence-corrected chi connectivity index (χ3v) is 5.07. The van der Waals surface area contributed by atoms with E-state index in [0.717, 1.165) is 10.1 Å². The molecule has 2 nitrogen and oxygen atoms in total. The number of ether oxygens (including phenoxy) is 1. The Bertz CT molecular complexity index is 886. The fourth-order valence-electron chi connectivity index (χ4n) is 2.27. The molecule has 0 fully saturated rings. The molecule has 3 rings (SSSR count). The Kier molecular flexibility index (Phi) is 4.87. The fourth-order valence-corrected chi connectivity index (χ4v) is 3.66. The zero-order valence-corrected chi connectivity index (χ0v) is 13.7. The summed E-state index contributed by atoms with van der Waals surface area (Å²) < 4.78 is 6.41. The summed E-state index contributed by atoms with van der Waals surface area (Å²) >= 11 is 7.63. The van der Waals surface area contributed by atoms with Crippen LogP contribution in [0, 0.1) is 11.7 Å². The van der Waals surface area contributed by atoms with E-state index < -0.39 is 5.97 Å². The van der Waals surface area contributed by atoms with Gasteiger partial charge in [0.25, 0.3) is 0 Å². The van der Waals surface area contributed by atoms with Crippen molar-refractivity contribution in [3.05, 3.63) is 70.3 Å². The number of fused-ring (bicyclic) bond motifs is 1. The van der Waals surface area contributed by atoms with Gasteiger partial charge in [-0.05, 0) is 0 Å². The summed E-state index contributed by atoms with van der Waals surface area (Å²) in [5.74, 6) is 2.80. The van der Waals surface area contributed by atoms with Crippen LogP contribution in [0.2, 0.25) is 5.02 Å². The second-order valence-corrected chi connectivity index (χ2v) is 6.45. The fraction of sp³-hybridized carbons (Fsp3) is 0.111. The van der Waals surface area contributed by atoms with Gasteiger partial charge in [0.15, 0.2) is 0 Å². The predicted octanol–water partition coefficient (Wildman–Crippen LogP) is 4.86. The molecule has 0 aliphatic heterocycles. The molecule has 2 aromatic rings. The molecule has 1 aromatic heterocycles. The van der Waals surface area contributed by atoms with Crippen molar-refractivity contribution in [2.75, 3.05) is 0 Å². The van der Waals surface area contributed by atoms with E-state index in [0.29, 0.717) is 22.1 Å². The Morgan fingerprint density at radius 2 is 2.17 bits per heavy atom. The van der Waals surface area contributed by atoms with Crippen LogP contribution in [-0.2, 0) is 4.74 Å². The Hall–Kier alpha value is -2.00. The Balaban J connectivity index is 1.80. The van der Waals surface area contributed by atoms with Crippen LogP contribution >= 0.6 is 22.9 Å². The van der Waals surface area contributed by atoms with Gasteiger partial charge >= 0.3 is 132 Å². The van der Waals surface area contributed by atoms with Crippen molar-refractivity contribution < 1.29 is 9.53 Å². The third kappa shape index (κ3) is 3.51. The molecule has 0 N–H and O–H groups in total. The van der Waals surface area contributed by atoms with E-state index in [-0.39, 0.29) is 5.92 Å². The Morgan fingerprint density at radius 1 is 1.35 bits per heavy atom.